The first-order valence-electron chi connectivity index (χ1n) is 8.88. The predicted molar refractivity (Wildman–Crippen MR) is 99.4 cm³/mol. The van der Waals surface area contributed by atoms with Crippen molar-refractivity contribution in [2.24, 2.45) is 5.92 Å². The molecule has 8 heteroatoms. The number of rotatable bonds is 7. The number of piperidine rings is 1. The maximum absolute atomic E-state index is 12.6. The van der Waals surface area contributed by atoms with Crippen molar-refractivity contribution in [3.8, 4) is 0 Å². The molecule has 0 aromatic carbocycles. The second-order valence-electron chi connectivity index (χ2n) is 6.76. The lowest BCUT2D eigenvalue weighted by molar-refractivity contribution is -0.134. The largest absolute Gasteiger partial charge is 0.338 e. The van der Waals surface area contributed by atoms with Gasteiger partial charge >= 0.3 is 0 Å². The Balaban J connectivity index is 0.00000288. The van der Waals surface area contributed by atoms with Crippen LogP contribution in [0.2, 0.25) is 0 Å². The molecule has 0 saturated carbocycles. The number of carbonyl (C=O) groups is 1. The van der Waals surface area contributed by atoms with Gasteiger partial charge in [0, 0.05) is 12.6 Å². The summed E-state index contributed by atoms with van der Waals surface area (Å²) < 4.78 is 23.3. The van der Waals surface area contributed by atoms with Gasteiger partial charge in [0.25, 0.3) is 0 Å². The van der Waals surface area contributed by atoms with Crippen LogP contribution in [0.15, 0.2) is 0 Å². The first-order valence-corrected chi connectivity index (χ1v) is 10.7. The van der Waals surface area contributed by atoms with Crippen molar-refractivity contribution in [2.45, 2.75) is 39.2 Å². The zero-order valence-electron chi connectivity index (χ0n) is 14.9. The molecule has 0 aromatic rings. The average molecular weight is 382 g/mol. The quantitative estimate of drug-likeness (QED) is 0.705. The van der Waals surface area contributed by atoms with E-state index >= 15 is 0 Å². The van der Waals surface area contributed by atoms with E-state index in [9.17, 15) is 13.2 Å². The van der Waals surface area contributed by atoms with E-state index < -0.39 is 9.84 Å². The molecule has 2 aliphatic rings. The number of likely N-dealkylation sites (tertiary alicyclic amines) is 1. The van der Waals surface area contributed by atoms with Crippen molar-refractivity contribution < 1.29 is 13.2 Å². The van der Waals surface area contributed by atoms with Gasteiger partial charge in [-0.2, -0.15) is 0 Å². The molecular formula is C16H32ClN3O3S. The number of halogens is 1. The van der Waals surface area contributed by atoms with Gasteiger partial charge in [-0.1, -0.05) is 6.92 Å². The van der Waals surface area contributed by atoms with Gasteiger partial charge in [0.1, 0.15) is 0 Å². The van der Waals surface area contributed by atoms with E-state index in [1.165, 1.54) is 0 Å². The Kier molecular flexibility index (Phi) is 8.98. The minimum absolute atomic E-state index is 0. The smallest absolute Gasteiger partial charge is 0.237 e. The van der Waals surface area contributed by atoms with E-state index in [0.717, 1.165) is 39.0 Å². The molecule has 1 amide bonds. The minimum Gasteiger partial charge on any atom is -0.338 e. The molecule has 1 unspecified atom stereocenters. The fraction of sp³-hybridized carbons (Fsp3) is 0.938. The molecule has 0 bridgehead atoms. The van der Waals surface area contributed by atoms with Crippen LogP contribution >= 0.6 is 12.4 Å². The van der Waals surface area contributed by atoms with E-state index in [2.05, 4.69) is 17.1 Å². The van der Waals surface area contributed by atoms with Gasteiger partial charge in [-0.25, -0.2) is 8.42 Å². The summed E-state index contributed by atoms with van der Waals surface area (Å²) in [5.41, 5.74) is 0. The van der Waals surface area contributed by atoms with Crippen LogP contribution < -0.4 is 5.32 Å². The van der Waals surface area contributed by atoms with Gasteiger partial charge in [0.05, 0.1) is 18.1 Å². The summed E-state index contributed by atoms with van der Waals surface area (Å²) in [6.45, 7) is 9.08. The molecular weight excluding hydrogens is 350 g/mol. The van der Waals surface area contributed by atoms with Gasteiger partial charge < -0.3 is 10.2 Å². The van der Waals surface area contributed by atoms with Crippen LogP contribution in [-0.4, -0.2) is 80.9 Å². The molecule has 24 heavy (non-hydrogen) atoms. The molecule has 0 aromatic heterocycles. The third-order valence-electron chi connectivity index (χ3n) is 5.06. The molecule has 2 saturated heterocycles. The zero-order chi connectivity index (χ0) is 16.9. The Morgan fingerprint density at radius 3 is 2.38 bits per heavy atom. The molecule has 1 atom stereocenters. The van der Waals surface area contributed by atoms with Crippen molar-refractivity contribution in [3.05, 3.63) is 0 Å². The number of hydrogen-bond donors (Lipinski definition) is 1. The summed E-state index contributed by atoms with van der Waals surface area (Å²) in [6.07, 6.45) is 2.85. The van der Waals surface area contributed by atoms with E-state index in [1.807, 2.05) is 6.92 Å². The van der Waals surface area contributed by atoms with E-state index in [1.54, 1.807) is 4.90 Å². The molecule has 0 radical (unpaired) electrons. The Hall–Kier alpha value is -0.370. The van der Waals surface area contributed by atoms with E-state index in [0.29, 0.717) is 25.4 Å². The number of amides is 1. The normalized spacial score (nSPS) is 24.5. The van der Waals surface area contributed by atoms with Crippen LogP contribution in [0.1, 0.15) is 33.1 Å². The molecule has 1 N–H and O–H groups in total. The van der Waals surface area contributed by atoms with E-state index in [-0.39, 0.29) is 35.9 Å². The molecule has 2 aliphatic heterocycles. The SMILES string of the molecule is CCNCC1CCN(CC(=O)N(CC)C2CCS(=O)(=O)C2)CC1.Cl. The molecule has 142 valence electrons. The van der Waals surface area contributed by atoms with Crippen LogP contribution in [0.4, 0.5) is 0 Å². The summed E-state index contributed by atoms with van der Waals surface area (Å²) in [5.74, 6) is 1.15. The van der Waals surface area contributed by atoms with Gasteiger partial charge in [0.15, 0.2) is 9.84 Å². The molecule has 6 nitrogen and oxygen atoms in total. The van der Waals surface area contributed by atoms with Crippen LogP contribution in [0.25, 0.3) is 0 Å². The minimum atomic E-state index is -2.95. The van der Waals surface area contributed by atoms with Crippen molar-refractivity contribution in [1.29, 1.82) is 0 Å². The summed E-state index contributed by atoms with van der Waals surface area (Å²) >= 11 is 0. The van der Waals surface area contributed by atoms with Gasteiger partial charge in [-0.05, 0) is 58.3 Å². The molecule has 2 fully saturated rings. The summed E-state index contributed by atoms with van der Waals surface area (Å²) in [6, 6.07) is -0.121. The lowest BCUT2D eigenvalue weighted by Crippen LogP contribution is -2.48. The van der Waals surface area contributed by atoms with Crippen molar-refractivity contribution in [2.75, 3.05) is 50.8 Å². The number of hydrogen-bond acceptors (Lipinski definition) is 5. The Labute approximate surface area is 152 Å². The summed E-state index contributed by atoms with van der Waals surface area (Å²) in [4.78, 5) is 16.6. The second kappa shape index (κ2) is 9.94. The average Bonchev–Trinajstić information content (AvgIpc) is 2.87. The Morgan fingerprint density at radius 1 is 1.21 bits per heavy atom. The first-order chi connectivity index (χ1) is 10.9. The number of carbonyl (C=O) groups excluding carboxylic acids is 1. The second-order valence-corrected chi connectivity index (χ2v) is 8.99. The van der Waals surface area contributed by atoms with Crippen LogP contribution in [0.5, 0.6) is 0 Å². The summed E-state index contributed by atoms with van der Waals surface area (Å²) in [7, 11) is -2.95. The highest BCUT2D eigenvalue weighted by atomic mass is 35.5. The number of nitrogens with zero attached hydrogens (tertiary/aromatic N) is 2. The monoisotopic (exact) mass is 381 g/mol. The van der Waals surface area contributed by atoms with Crippen LogP contribution in [0.3, 0.4) is 0 Å². The van der Waals surface area contributed by atoms with Crippen molar-refractivity contribution in [3.63, 3.8) is 0 Å². The van der Waals surface area contributed by atoms with E-state index in [4.69, 9.17) is 0 Å². The standard InChI is InChI=1S/C16H31N3O3S.ClH/c1-3-17-11-14-5-8-18(9-6-14)12-16(20)19(4-2)15-7-10-23(21,22)13-15;/h14-15,17H,3-13H2,1-2H3;1H. The van der Waals surface area contributed by atoms with Crippen molar-refractivity contribution in [1.82, 2.24) is 15.1 Å². The highest BCUT2D eigenvalue weighted by Gasteiger charge is 2.34. The van der Waals surface area contributed by atoms with Gasteiger partial charge in [-0.15, -0.1) is 12.4 Å². The molecule has 2 heterocycles. The third-order valence-corrected chi connectivity index (χ3v) is 6.81. The number of sulfone groups is 1. The van der Waals surface area contributed by atoms with Crippen molar-refractivity contribution >= 4 is 28.2 Å². The Morgan fingerprint density at radius 2 is 1.88 bits per heavy atom. The Bertz CT molecular complexity index is 493. The highest BCUT2D eigenvalue weighted by molar-refractivity contribution is 7.91. The summed E-state index contributed by atoms with van der Waals surface area (Å²) in [5, 5.41) is 3.40. The number of likely N-dealkylation sites (N-methyl/N-ethyl adjacent to an activating group) is 1. The maximum Gasteiger partial charge on any atom is 0.237 e. The maximum atomic E-state index is 12.6. The lowest BCUT2D eigenvalue weighted by atomic mass is 9.97. The van der Waals surface area contributed by atoms with Crippen LogP contribution in [-0.2, 0) is 14.6 Å². The zero-order valence-corrected chi connectivity index (χ0v) is 16.5. The highest BCUT2D eigenvalue weighted by Crippen LogP contribution is 2.20. The topological polar surface area (TPSA) is 69.7 Å². The first kappa shape index (κ1) is 21.7. The fourth-order valence-electron chi connectivity index (χ4n) is 3.64. The number of nitrogens with one attached hydrogen (secondary N) is 1. The molecule has 0 aliphatic carbocycles. The predicted octanol–water partition coefficient (Wildman–Crippen LogP) is 0.765. The molecule has 2 rings (SSSR count). The molecule has 0 spiro atoms. The third kappa shape index (κ3) is 6.17. The lowest BCUT2D eigenvalue weighted by Gasteiger charge is -2.34. The van der Waals surface area contributed by atoms with Crippen LogP contribution in [0, 0.1) is 5.92 Å². The fourth-order valence-corrected chi connectivity index (χ4v) is 5.37. The van der Waals surface area contributed by atoms with Gasteiger partial charge in [0.2, 0.25) is 5.91 Å². The van der Waals surface area contributed by atoms with Gasteiger partial charge in [-0.3, -0.25) is 9.69 Å².